The summed E-state index contributed by atoms with van der Waals surface area (Å²) in [6.45, 7) is 9.30. The Morgan fingerprint density at radius 3 is 2.44 bits per heavy atom. The van der Waals surface area contributed by atoms with E-state index in [1.54, 1.807) is 28.4 Å². The number of carbonyl (C=O) groups is 1. The molecule has 4 rings (SSSR count). The van der Waals surface area contributed by atoms with Gasteiger partial charge in [-0.05, 0) is 56.4 Å². The van der Waals surface area contributed by atoms with Crippen molar-refractivity contribution in [2.45, 2.75) is 58.7 Å². The van der Waals surface area contributed by atoms with Gasteiger partial charge in [0, 0.05) is 31.0 Å². The van der Waals surface area contributed by atoms with Crippen molar-refractivity contribution >= 4 is 33.6 Å². The highest BCUT2D eigenvalue weighted by Gasteiger charge is 2.37. The molecule has 3 heterocycles. The summed E-state index contributed by atoms with van der Waals surface area (Å²) in [5, 5.41) is 6.85. The third-order valence-corrected chi connectivity index (χ3v) is 8.78. The van der Waals surface area contributed by atoms with Crippen LogP contribution < -0.4 is 15.5 Å². The van der Waals surface area contributed by atoms with Crippen LogP contribution in [0.1, 0.15) is 52.1 Å². The predicted octanol–water partition coefficient (Wildman–Crippen LogP) is 3.86. The van der Waals surface area contributed by atoms with Gasteiger partial charge in [-0.2, -0.15) is 4.98 Å². The molecule has 0 radical (unpaired) electrons. The highest BCUT2D eigenvalue weighted by Crippen LogP contribution is 2.27. The van der Waals surface area contributed by atoms with Crippen molar-refractivity contribution in [3.63, 3.8) is 0 Å². The summed E-state index contributed by atoms with van der Waals surface area (Å²) in [6, 6.07) is 10.0. The molecule has 2 aromatic rings. The Balaban J connectivity index is 1.34. The number of sulfonamides is 1. The standard InChI is InChI=1S/C25H36N6O4S/c1-5-36(33,34)30-14-11-21(12-15-30)28-20-8-6-19(7-9-20)18(4)27-24-26-13-10-23(29-24)31-22(17(2)3)16-35-25(31)32/h6-10,13,17-18,21-22,28H,5,11-12,14-16H2,1-4H3,(H,26,27,29)/t18-,22+/m0/s1. The molecule has 2 N–H and O–H groups in total. The van der Waals surface area contributed by atoms with Crippen LogP contribution in [0, 0.1) is 5.92 Å². The zero-order valence-corrected chi connectivity index (χ0v) is 22.2. The second-order valence-electron chi connectivity index (χ2n) is 9.70. The number of piperidine rings is 1. The smallest absolute Gasteiger partial charge is 0.415 e. The number of nitrogens with zero attached hydrogens (tertiary/aromatic N) is 4. The van der Waals surface area contributed by atoms with E-state index in [0.717, 1.165) is 24.1 Å². The lowest BCUT2D eigenvalue weighted by molar-refractivity contribution is 0.177. The third kappa shape index (κ3) is 5.89. The summed E-state index contributed by atoms with van der Waals surface area (Å²) in [7, 11) is -3.11. The van der Waals surface area contributed by atoms with E-state index in [1.165, 1.54) is 0 Å². The number of carbonyl (C=O) groups excluding carboxylic acids is 1. The van der Waals surface area contributed by atoms with Crippen LogP contribution in [0.3, 0.4) is 0 Å². The summed E-state index contributed by atoms with van der Waals surface area (Å²) in [4.78, 5) is 22.8. The summed E-state index contributed by atoms with van der Waals surface area (Å²) in [6.07, 6.45) is 2.83. The fraction of sp³-hybridized carbons (Fsp3) is 0.560. The molecule has 0 aliphatic carbocycles. The second-order valence-corrected chi connectivity index (χ2v) is 12.0. The first-order valence-corrected chi connectivity index (χ1v) is 14.2. The molecule has 11 heteroatoms. The first kappa shape index (κ1) is 26.2. The Morgan fingerprint density at radius 1 is 1.11 bits per heavy atom. The minimum Gasteiger partial charge on any atom is -0.447 e. The van der Waals surface area contributed by atoms with Crippen LogP contribution in [-0.2, 0) is 14.8 Å². The molecule has 10 nitrogen and oxygen atoms in total. The molecule has 2 fully saturated rings. The first-order chi connectivity index (χ1) is 17.2. The molecule has 36 heavy (non-hydrogen) atoms. The van der Waals surface area contributed by atoms with Gasteiger partial charge in [0.1, 0.15) is 12.4 Å². The minimum atomic E-state index is -3.11. The SMILES string of the molecule is CCS(=O)(=O)N1CCC(Nc2ccc([C@H](C)Nc3nccc(N4C(=O)OC[C@@H]4C(C)C)n3)cc2)CC1. The maximum Gasteiger partial charge on any atom is 0.415 e. The average molecular weight is 517 g/mol. The van der Waals surface area contributed by atoms with E-state index >= 15 is 0 Å². The number of nitrogens with one attached hydrogen (secondary N) is 2. The third-order valence-electron chi connectivity index (χ3n) is 6.90. The summed E-state index contributed by atoms with van der Waals surface area (Å²) < 4.78 is 31.0. The first-order valence-electron chi connectivity index (χ1n) is 12.6. The second kappa shape index (κ2) is 11.0. The molecule has 196 valence electrons. The number of hydrogen-bond acceptors (Lipinski definition) is 8. The van der Waals surface area contributed by atoms with Crippen molar-refractivity contribution in [1.29, 1.82) is 0 Å². The number of hydrogen-bond donors (Lipinski definition) is 2. The van der Waals surface area contributed by atoms with Crippen molar-refractivity contribution in [3.8, 4) is 0 Å². The number of amides is 1. The van der Waals surface area contributed by atoms with Crippen molar-refractivity contribution in [3.05, 3.63) is 42.1 Å². The Hall–Kier alpha value is -2.92. The monoisotopic (exact) mass is 516 g/mol. The van der Waals surface area contributed by atoms with Gasteiger partial charge in [0.2, 0.25) is 16.0 Å². The van der Waals surface area contributed by atoms with Crippen molar-refractivity contribution in [2.24, 2.45) is 5.92 Å². The lowest BCUT2D eigenvalue weighted by Crippen LogP contribution is -2.42. The summed E-state index contributed by atoms with van der Waals surface area (Å²) in [5.41, 5.74) is 2.08. The van der Waals surface area contributed by atoms with Crippen molar-refractivity contribution < 1.29 is 17.9 Å². The Bertz CT molecular complexity index is 1150. The Labute approximate surface area is 213 Å². The number of ether oxygens (including phenoxy) is 1. The zero-order valence-electron chi connectivity index (χ0n) is 21.3. The van der Waals surface area contributed by atoms with Gasteiger partial charge in [0.25, 0.3) is 0 Å². The normalized spacial score (nSPS) is 20.4. The minimum absolute atomic E-state index is 0.0526. The number of anilines is 3. The van der Waals surface area contributed by atoms with Gasteiger partial charge in [-0.3, -0.25) is 4.90 Å². The van der Waals surface area contributed by atoms with Gasteiger partial charge in [-0.1, -0.05) is 26.0 Å². The van der Waals surface area contributed by atoms with Gasteiger partial charge in [0.05, 0.1) is 17.8 Å². The van der Waals surface area contributed by atoms with Crippen molar-refractivity contribution in [1.82, 2.24) is 14.3 Å². The van der Waals surface area contributed by atoms with E-state index in [-0.39, 0.29) is 35.9 Å². The molecule has 1 aromatic heterocycles. The number of cyclic esters (lactones) is 1. The molecular weight excluding hydrogens is 480 g/mol. The quantitative estimate of drug-likeness (QED) is 0.516. The van der Waals surface area contributed by atoms with E-state index in [1.807, 2.05) is 31.2 Å². The highest BCUT2D eigenvalue weighted by molar-refractivity contribution is 7.89. The van der Waals surface area contributed by atoms with Gasteiger partial charge in [0.15, 0.2) is 0 Å². The van der Waals surface area contributed by atoms with Gasteiger partial charge >= 0.3 is 6.09 Å². The largest absolute Gasteiger partial charge is 0.447 e. The number of aromatic nitrogens is 2. The van der Waals surface area contributed by atoms with Crippen molar-refractivity contribution in [2.75, 3.05) is 41.0 Å². The molecule has 2 saturated heterocycles. The van der Waals surface area contributed by atoms with Crippen LogP contribution in [0.5, 0.6) is 0 Å². The topological polar surface area (TPSA) is 117 Å². The van der Waals surface area contributed by atoms with E-state index in [0.29, 0.717) is 31.5 Å². The van der Waals surface area contributed by atoms with Crippen LogP contribution in [0.15, 0.2) is 36.5 Å². The molecule has 2 aliphatic rings. The van der Waals surface area contributed by atoms with Crippen LogP contribution in [0.25, 0.3) is 0 Å². The van der Waals surface area contributed by atoms with E-state index in [2.05, 4.69) is 34.4 Å². The van der Waals surface area contributed by atoms with Crippen LogP contribution in [0.2, 0.25) is 0 Å². The lowest BCUT2D eigenvalue weighted by Gasteiger charge is -2.32. The van der Waals surface area contributed by atoms with E-state index in [9.17, 15) is 13.2 Å². The maximum absolute atomic E-state index is 12.3. The Morgan fingerprint density at radius 2 is 1.81 bits per heavy atom. The Kier molecular flexibility index (Phi) is 7.99. The highest BCUT2D eigenvalue weighted by atomic mass is 32.2. The molecule has 0 unspecified atom stereocenters. The molecular formula is C25H36N6O4S. The number of rotatable bonds is 9. The zero-order chi connectivity index (χ0) is 25.9. The molecule has 0 spiro atoms. The van der Waals surface area contributed by atoms with Crippen LogP contribution >= 0.6 is 0 Å². The van der Waals surface area contributed by atoms with Gasteiger partial charge in [-0.25, -0.2) is 22.5 Å². The molecule has 0 bridgehead atoms. The van der Waals surface area contributed by atoms with Gasteiger partial charge in [-0.15, -0.1) is 0 Å². The average Bonchev–Trinajstić information content (AvgIpc) is 3.26. The maximum atomic E-state index is 12.3. The van der Waals surface area contributed by atoms with E-state index < -0.39 is 10.0 Å². The number of benzene rings is 1. The molecule has 1 amide bonds. The van der Waals surface area contributed by atoms with E-state index in [4.69, 9.17) is 4.74 Å². The predicted molar refractivity (Wildman–Crippen MR) is 141 cm³/mol. The van der Waals surface area contributed by atoms with Crippen LogP contribution in [-0.4, -0.2) is 66.3 Å². The molecule has 0 saturated carbocycles. The fourth-order valence-electron chi connectivity index (χ4n) is 4.58. The summed E-state index contributed by atoms with van der Waals surface area (Å²) in [5.74, 6) is 1.36. The fourth-order valence-corrected chi connectivity index (χ4v) is 5.72. The summed E-state index contributed by atoms with van der Waals surface area (Å²) >= 11 is 0. The molecule has 1 aromatic carbocycles. The lowest BCUT2D eigenvalue weighted by atomic mass is 10.0. The van der Waals surface area contributed by atoms with Gasteiger partial charge < -0.3 is 15.4 Å². The molecule has 2 aliphatic heterocycles. The molecule has 2 atom stereocenters. The van der Waals surface area contributed by atoms with Crippen LogP contribution in [0.4, 0.5) is 22.2 Å².